The number of thiocarbonyl (C=S) groups is 1. The molecule has 5 nitrogen and oxygen atoms in total. The molecule has 0 spiro atoms. The van der Waals surface area contributed by atoms with E-state index in [0.29, 0.717) is 5.11 Å². The van der Waals surface area contributed by atoms with Crippen LogP contribution in [0.1, 0.15) is 18.5 Å². The highest BCUT2D eigenvalue weighted by Gasteiger charge is 2.22. The summed E-state index contributed by atoms with van der Waals surface area (Å²) in [5, 5.41) is 7.15. The van der Waals surface area contributed by atoms with E-state index in [0.717, 1.165) is 45.1 Å². The van der Waals surface area contributed by atoms with Crippen molar-refractivity contribution in [1.29, 1.82) is 0 Å². The average molecular weight is 323 g/mol. The summed E-state index contributed by atoms with van der Waals surface area (Å²) in [7, 11) is 1.69. The first kappa shape index (κ1) is 17.0. The Kier molecular flexibility index (Phi) is 6.89. The third-order valence-corrected chi connectivity index (χ3v) is 4.07. The van der Waals surface area contributed by atoms with Crippen LogP contribution in [0, 0.1) is 0 Å². The molecule has 1 atom stereocenters. The molecule has 1 saturated heterocycles. The van der Waals surface area contributed by atoms with Crippen molar-refractivity contribution < 1.29 is 9.47 Å². The molecule has 2 N–H and O–H groups in total. The maximum Gasteiger partial charge on any atom is 0.166 e. The quantitative estimate of drug-likeness (QED) is 0.775. The highest BCUT2D eigenvalue weighted by atomic mass is 32.1. The standard InChI is InChI=1S/C16H25N3O2S/c1-3-17-16(22)18-12-15(19-8-10-21-11-9-19)13-4-6-14(20-2)7-5-13/h4-7,15H,3,8-12H2,1-2H3,(H2,17,18,22). The molecule has 2 rings (SSSR count). The molecule has 122 valence electrons. The maximum absolute atomic E-state index is 5.47. The maximum atomic E-state index is 5.47. The third kappa shape index (κ3) is 4.83. The molecule has 0 amide bonds. The second-order valence-corrected chi connectivity index (χ2v) is 5.59. The van der Waals surface area contributed by atoms with Gasteiger partial charge in [-0.05, 0) is 36.8 Å². The molecule has 6 heteroatoms. The average Bonchev–Trinajstić information content (AvgIpc) is 2.57. The molecule has 1 fully saturated rings. The largest absolute Gasteiger partial charge is 0.497 e. The molecule has 0 bridgehead atoms. The second kappa shape index (κ2) is 8.92. The van der Waals surface area contributed by atoms with Gasteiger partial charge in [0.1, 0.15) is 5.75 Å². The van der Waals surface area contributed by atoms with E-state index in [1.54, 1.807) is 7.11 Å². The summed E-state index contributed by atoms with van der Waals surface area (Å²) in [6.45, 7) is 7.08. The number of morpholine rings is 1. The first-order valence-electron chi connectivity index (χ1n) is 7.72. The van der Waals surface area contributed by atoms with E-state index < -0.39 is 0 Å². The van der Waals surface area contributed by atoms with Crippen molar-refractivity contribution in [2.24, 2.45) is 0 Å². The van der Waals surface area contributed by atoms with Crippen molar-refractivity contribution in [2.45, 2.75) is 13.0 Å². The summed E-state index contributed by atoms with van der Waals surface area (Å²) in [5.74, 6) is 0.876. The van der Waals surface area contributed by atoms with Crippen LogP contribution in [0.15, 0.2) is 24.3 Å². The number of hydrogen-bond donors (Lipinski definition) is 2. The number of hydrogen-bond acceptors (Lipinski definition) is 4. The Balaban J connectivity index is 2.07. The first-order chi connectivity index (χ1) is 10.7. The van der Waals surface area contributed by atoms with E-state index in [1.165, 1.54) is 5.56 Å². The minimum absolute atomic E-state index is 0.270. The number of rotatable bonds is 6. The molecule has 1 aromatic rings. The lowest BCUT2D eigenvalue weighted by Crippen LogP contribution is -2.45. The summed E-state index contributed by atoms with van der Waals surface area (Å²) in [6, 6.07) is 8.52. The Morgan fingerprint density at radius 1 is 1.27 bits per heavy atom. The number of methoxy groups -OCH3 is 1. The number of ether oxygens (including phenoxy) is 2. The highest BCUT2D eigenvalue weighted by molar-refractivity contribution is 7.80. The minimum Gasteiger partial charge on any atom is -0.497 e. The van der Waals surface area contributed by atoms with E-state index in [-0.39, 0.29) is 6.04 Å². The van der Waals surface area contributed by atoms with Gasteiger partial charge in [-0.25, -0.2) is 0 Å². The van der Waals surface area contributed by atoms with E-state index in [4.69, 9.17) is 21.7 Å². The molecule has 22 heavy (non-hydrogen) atoms. The van der Waals surface area contributed by atoms with Gasteiger partial charge >= 0.3 is 0 Å². The fourth-order valence-corrected chi connectivity index (χ4v) is 2.81. The topological polar surface area (TPSA) is 45.8 Å². The van der Waals surface area contributed by atoms with Gasteiger partial charge in [0.25, 0.3) is 0 Å². The van der Waals surface area contributed by atoms with Crippen LogP contribution < -0.4 is 15.4 Å². The number of nitrogens with one attached hydrogen (secondary N) is 2. The zero-order valence-corrected chi connectivity index (χ0v) is 14.1. The predicted molar refractivity (Wildman–Crippen MR) is 92.4 cm³/mol. The van der Waals surface area contributed by atoms with Crippen LogP contribution in [0.5, 0.6) is 5.75 Å². The van der Waals surface area contributed by atoms with Crippen LogP contribution in [-0.4, -0.2) is 56.5 Å². The highest BCUT2D eigenvalue weighted by Crippen LogP contribution is 2.23. The predicted octanol–water partition coefficient (Wildman–Crippen LogP) is 1.55. The second-order valence-electron chi connectivity index (χ2n) is 5.18. The molecule has 1 aromatic carbocycles. The molecular weight excluding hydrogens is 298 g/mol. The van der Waals surface area contributed by atoms with Crippen LogP contribution in [-0.2, 0) is 4.74 Å². The molecule has 1 unspecified atom stereocenters. The van der Waals surface area contributed by atoms with Crippen molar-refractivity contribution in [3.05, 3.63) is 29.8 Å². The van der Waals surface area contributed by atoms with Crippen molar-refractivity contribution in [3.63, 3.8) is 0 Å². The Morgan fingerprint density at radius 2 is 1.95 bits per heavy atom. The zero-order valence-electron chi connectivity index (χ0n) is 13.3. The van der Waals surface area contributed by atoms with Crippen LogP contribution in [0.25, 0.3) is 0 Å². The normalized spacial score (nSPS) is 16.8. The molecule has 1 heterocycles. The van der Waals surface area contributed by atoms with Gasteiger partial charge < -0.3 is 20.1 Å². The number of nitrogens with zero attached hydrogens (tertiary/aromatic N) is 1. The van der Waals surface area contributed by atoms with Gasteiger partial charge in [0.15, 0.2) is 5.11 Å². The van der Waals surface area contributed by atoms with Gasteiger partial charge in [0.2, 0.25) is 0 Å². The van der Waals surface area contributed by atoms with E-state index >= 15 is 0 Å². The SMILES string of the molecule is CCNC(=S)NCC(c1ccc(OC)cc1)N1CCOCC1. The minimum atomic E-state index is 0.270. The lowest BCUT2D eigenvalue weighted by molar-refractivity contribution is 0.0170. The molecule has 1 aliphatic rings. The van der Waals surface area contributed by atoms with Crippen molar-refractivity contribution >= 4 is 17.3 Å². The van der Waals surface area contributed by atoms with Gasteiger partial charge in [0.05, 0.1) is 26.4 Å². The van der Waals surface area contributed by atoms with E-state index in [9.17, 15) is 0 Å². The van der Waals surface area contributed by atoms with Gasteiger partial charge in [0, 0.05) is 26.2 Å². The van der Waals surface area contributed by atoms with E-state index in [2.05, 4.69) is 27.7 Å². The molecular formula is C16H25N3O2S. The van der Waals surface area contributed by atoms with Gasteiger partial charge in [-0.15, -0.1) is 0 Å². The lowest BCUT2D eigenvalue weighted by atomic mass is 10.0. The summed E-state index contributed by atoms with van der Waals surface area (Å²) in [6.07, 6.45) is 0. The zero-order chi connectivity index (χ0) is 15.8. The lowest BCUT2D eigenvalue weighted by Gasteiger charge is -2.35. The van der Waals surface area contributed by atoms with Crippen LogP contribution >= 0.6 is 12.2 Å². The fraction of sp³-hybridized carbons (Fsp3) is 0.562. The summed E-state index contributed by atoms with van der Waals surface area (Å²) in [5.41, 5.74) is 1.26. The molecule has 1 aliphatic heterocycles. The molecule has 0 aliphatic carbocycles. The smallest absolute Gasteiger partial charge is 0.166 e. The van der Waals surface area contributed by atoms with Crippen molar-refractivity contribution in [3.8, 4) is 5.75 Å². The molecule has 0 aromatic heterocycles. The van der Waals surface area contributed by atoms with E-state index in [1.807, 2.05) is 19.1 Å². The Labute approximate surface area is 138 Å². The summed E-state index contributed by atoms with van der Waals surface area (Å²) < 4.78 is 10.7. The van der Waals surface area contributed by atoms with Crippen molar-refractivity contribution in [1.82, 2.24) is 15.5 Å². The van der Waals surface area contributed by atoms with Gasteiger partial charge in [-0.2, -0.15) is 0 Å². The third-order valence-electron chi connectivity index (χ3n) is 3.78. The number of benzene rings is 1. The monoisotopic (exact) mass is 323 g/mol. The van der Waals surface area contributed by atoms with Crippen LogP contribution in [0.2, 0.25) is 0 Å². The van der Waals surface area contributed by atoms with Gasteiger partial charge in [-0.3, -0.25) is 4.90 Å². The summed E-state index contributed by atoms with van der Waals surface area (Å²) >= 11 is 5.28. The van der Waals surface area contributed by atoms with Crippen LogP contribution in [0.3, 0.4) is 0 Å². The Bertz CT molecular complexity index is 461. The Morgan fingerprint density at radius 3 is 2.55 bits per heavy atom. The Hall–Kier alpha value is -1.37. The first-order valence-corrected chi connectivity index (χ1v) is 8.13. The molecule has 0 radical (unpaired) electrons. The molecule has 0 saturated carbocycles. The van der Waals surface area contributed by atoms with Crippen molar-refractivity contribution in [2.75, 3.05) is 46.5 Å². The summed E-state index contributed by atoms with van der Waals surface area (Å²) in [4.78, 5) is 2.44. The fourth-order valence-electron chi connectivity index (χ4n) is 2.59. The van der Waals surface area contributed by atoms with Gasteiger partial charge in [-0.1, -0.05) is 12.1 Å². The van der Waals surface area contributed by atoms with Crippen LogP contribution in [0.4, 0.5) is 0 Å².